The lowest BCUT2D eigenvalue weighted by atomic mass is 9.90. The highest BCUT2D eigenvalue weighted by molar-refractivity contribution is 5.12. The molecule has 94 valence electrons. The van der Waals surface area contributed by atoms with Crippen LogP contribution in [-0.4, -0.2) is 28.1 Å². The molecule has 1 saturated heterocycles. The first-order valence-corrected chi connectivity index (χ1v) is 6.55. The maximum atomic E-state index is 6.00. The van der Waals surface area contributed by atoms with Crippen LogP contribution in [0.1, 0.15) is 38.5 Å². The maximum absolute atomic E-state index is 6.00. The third kappa shape index (κ3) is 2.32. The molecule has 2 aliphatic rings. The molecule has 2 fully saturated rings. The second kappa shape index (κ2) is 4.33. The quantitative estimate of drug-likeness (QED) is 0.790. The van der Waals surface area contributed by atoms with Crippen molar-refractivity contribution in [1.82, 2.24) is 9.78 Å². The van der Waals surface area contributed by atoms with Gasteiger partial charge in [-0.05, 0) is 12.8 Å². The molecule has 3 rings (SSSR count). The van der Waals surface area contributed by atoms with Gasteiger partial charge in [0.25, 0.3) is 0 Å². The van der Waals surface area contributed by atoms with Gasteiger partial charge in [0.1, 0.15) is 6.10 Å². The molecule has 17 heavy (non-hydrogen) atoms. The Morgan fingerprint density at radius 2 is 2.29 bits per heavy atom. The zero-order valence-electron chi connectivity index (χ0n) is 10.4. The van der Waals surface area contributed by atoms with Gasteiger partial charge in [-0.25, -0.2) is 0 Å². The van der Waals surface area contributed by atoms with Crippen molar-refractivity contribution in [3.05, 3.63) is 12.4 Å². The van der Waals surface area contributed by atoms with Gasteiger partial charge < -0.3 is 9.47 Å². The summed E-state index contributed by atoms with van der Waals surface area (Å²) < 4.78 is 13.8. The van der Waals surface area contributed by atoms with E-state index in [1.54, 1.807) is 10.9 Å². The topological polar surface area (TPSA) is 36.3 Å². The zero-order chi connectivity index (χ0) is 11.7. The molecule has 0 aromatic carbocycles. The minimum absolute atomic E-state index is 0.130. The highest BCUT2D eigenvalue weighted by atomic mass is 16.5. The first kappa shape index (κ1) is 11.1. The highest BCUT2D eigenvalue weighted by Crippen LogP contribution is 2.40. The van der Waals surface area contributed by atoms with Crippen LogP contribution in [0.2, 0.25) is 0 Å². The number of nitrogens with zero attached hydrogens (tertiary/aromatic N) is 2. The lowest BCUT2D eigenvalue weighted by Gasteiger charge is -2.37. The molecule has 1 aliphatic heterocycles. The van der Waals surface area contributed by atoms with Crippen molar-refractivity contribution >= 4 is 0 Å². The van der Waals surface area contributed by atoms with E-state index in [1.807, 2.05) is 13.2 Å². The van der Waals surface area contributed by atoms with Gasteiger partial charge >= 0.3 is 0 Å². The van der Waals surface area contributed by atoms with Gasteiger partial charge in [-0.1, -0.05) is 12.8 Å². The monoisotopic (exact) mass is 236 g/mol. The van der Waals surface area contributed by atoms with Crippen molar-refractivity contribution in [3.63, 3.8) is 0 Å². The molecule has 1 aromatic heterocycles. The van der Waals surface area contributed by atoms with Crippen LogP contribution < -0.4 is 4.74 Å². The summed E-state index contributed by atoms with van der Waals surface area (Å²) in [6.45, 7) is 0.838. The van der Waals surface area contributed by atoms with Gasteiger partial charge in [0.2, 0.25) is 0 Å². The Labute approximate surface area is 102 Å². The lowest BCUT2D eigenvalue weighted by Crippen LogP contribution is -2.41. The summed E-state index contributed by atoms with van der Waals surface area (Å²) in [6, 6.07) is 0. The Morgan fingerprint density at radius 1 is 1.47 bits per heavy atom. The molecule has 1 atom stereocenters. The average Bonchev–Trinajstić information content (AvgIpc) is 2.89. The van der Waals surface area contributed by atoms with E-state index in [0.29, 0.717) is 6.10 Å². The minimum Gasteiger partial charge on any atom is -0.487 e. The van der Waals surface area contributed by atoms with Crippen molar-refractivity contribution in [2.45, 2.75) is 50.2 Å². The first-order valence-electron chi connectivity index (χ1n) is 6.55. The number of aryl methyl sites for hydroxylation is 1. The standard InChI is InChI=1S/C13H20N2O2/c1-15-10-12(9-14-15)17-11-4-7-16-13(8-11)5-2-3-6-13/h9-11H,2-8H2,1H3. The van der Waals surface area contributed by atoms with Gasteiger partial charge in [-0.3, -0.25) is 4.68 Å². The molecule has 0 radical (unpaired) electrons. The van der Waals surface area contributed by atoms with Crippen molar-refractivity contribution < 1.29 is 9.47 Å². The summed E-state index contributed by atoms with van der Waals surface area (Å²) >= 11 is 0. The molecule has 2 heterocycles. The van der Waals surface area contributed by atoms with Crippen LogP contribution in [0, 0.1) is 0 Å². The summed E-state index contributed by atoms with van der Waals surface area (Å²) in [5.74, 6) is 0.882. The fraction of sp³-hybridized carbons (Fsp3) is 0.769. The molecule has 4 heteroatoms. The van der Waals surface area contributed by atoms with E-state index in [1.165, 1.54) is 25.7 Å². The smallest absolute Gasteiger partial charge is 0.157 e. The Bertz CT molecular complexity index is 383. The zero-order valence-corrected chi connectivity index (χ0v) is 10.4. The van der Waals surface area contributed by atoms with Crippen LogP contribution in [-0.2, 0) is 11.8 Å². The second-order valence-corrected chi connectivity index (χ2v) is 5.32. The molecular formula is C13H20N2O2. The van der Waals surface area contributed by atoms with Crippen LogP contribution in [0.5, 0.6) is 5.75 Å². The van der Waals surface area contributed by atoms with E-state index in [2.05, 4.69) is 5.10 Å². The van der Waals surface area contributed by atoms with Gasteiger partial charge in [-0.15, -0.1) is 0 Å². The van der Waals surface area contributed by atoms with E-state index in [4.69, 9.17) is 9.47 Å². The largest absolute Gasteiger partial charge is 0.487 e. The van der Waals surface area contributed by atoms with Crippen LogP contribution >= 0.6 is 0 Å². The highest BCUT2D eigenvalue weighted by Gasteiger charge is 2.40. The number of hydrogen-bond acceptors (Lipinski definition) is 3. The molecule has 1 unspecified atom stereocenters. The minimum atomic E-state index is 0.130. The summed E-state index contributed by atoms with van der Waals surface area (Å²) in [6.07, 6.45) is 11.1. The van der Waals surface area contributed by atoms with Crippen molar-refractivity contribution in [3.8, 4) is 5.75 Å². The normalized spacial score (nSPS) is 27.5. The number of aromatic nitrogens is 2. The maximum Gasteiger partial charge on any atom is 0.157 e. The number of ether oxygens (including phenoxy) is 2. The molecule has 0 amide bonds. The predicted octanol–water partition coefficient (Wildman–Crippen LogP) is 2.29. The SMILES string of the molecule is Cn1cc(OC2CCOC3(CCCC3)C2)cn1. The van der Waals surface area contributed by atoms with E-state index >= 15 is 0 Å². The average molecular weight is 236 g/mol. The fourth-order valence-corrected chi connectivity index (χ4v) is 3.10. The van der Waals surface area contributed by atoms with Crippen molar-refractivity contribution in [2.24, 2.45) is 7.05 Å². The molecule has 1 spiro atoms. The Morgan fingerprint density at radius 3 is 3.00 bits per heavy atom. The Kier molecular flexibility index (Phi) is 2.82. The molecule has 1 saturated carbocycles. The van der Waals surface area contributed by atoms with Crippen LogP contribution in [0.4, 0.5) is 0 Å². The van der Waals surface area contributed by atoms with Crippen LogP contribution in [0.25, 0.3) is 0 Å². The van der Waals surface area contributed by atoms with Crippen molar-refractivity contribution in [2.75, 3.05) is 6.61 Å². The third-order valence-corrected chi connectivity index (χ3v) is 3.95. The second-order valence-electron chi connectivity index (χ2n) is 5.32. The fourth-order valence-electron chi connectivity index (χ4n) is 3.10. The molecule has 4 nitrogen and oxygen atoms in total. The van der Waals surface area contributed by atoms with Gasteiger partial charge in [0.15, 0.2) is 5.75 Å². The third-order valence-electron chi connectivity index (χ3n) is 3.95. The molecule has 0 bridgehead atoms. The van der Waals surface area contributed by atoms with E-state index in [9.17, 15) is 0 Å². The summed E-state index contributed by atoms with van der Waals surface area (Å²) in [4.78, 5) is 0. The van der Waals surface area contributed by atoms with Crippen molar-refractivity contribution in [1.29, 1.82) is 0 Å². The van der Waals surface area contributed by atoms with Crippen LogP contribution in [0.3, 0.4) is 0 Å². The van der Waals surface area contributed by atoms with Gasteiger partial charge in [-0.2, -0.15) is 5.10 Å². The summed E-state index contributed by atoms with van der Waals surface area (Å²) in [7, 11) is 1.91. The summed E-state index contributed by atoms with van der Waals surface area (Å²) in [5.41, 5.74) is 0.130. The first-order chi connectivity index (χ1) is 8.26. The van der Waals surface area contributed by atoms with E-state index < -0.39 is 0 Å². The molecule has 1 aromatic rings. The van der Waals surface area contributed by atoms with Gasteiger partial charge in [0.05, 0.1) is 24.6 Å². The molecular weight excluding hydrogens is 216 g/mol. The lowest BCUT2D eigenvalue weighted by molar-refractivity contribution is -0.108. The Balaban J connectivity index is 1.64. The number of rotatable bonds is 2. The predicted molar refractivity (Wildman–Crippen MR) is 64.0 cm³/mol. The Hall–Kier alpha value is -1.03. The van der Waals surface area contributed by atoms with E-state index in [-0.39, 0.29) is 5.60 Å². The summed E-state index contributed by atoms with van der Waals surface area (Å²) in [5, 5.41) is 4.13. The molecule has 0 N–H and O–H groups in total. The van der Waals surface area contributed by atoms with Gasteiger partial charge in [0, 0.05) is 19.9 Å². The molecule has 1 aliphatic carbocycles. The van der Waals surface area contributed by atoms with Crippen LogP contribution in [0.15, 0.2) is 12.4 Å². The van der Waals surface area contributed by atoms with E-state index in [0.717, 1.165) is 25.2 Å². The number of hydrogen-bond donors (Lipinski definition) is 0.